The number of ether oxygens (including phenoxy) is 2. The van der Waals surface area contributed by atoms with Gasteiger partial charge in [-0.25, -0.2) is 0 Å². The highest BCUT2D eigenvalue weighted by molar-refractivity contribution is 5.28. The minimum Gasteiger partial charge on any atom is -0.494 e. The molecule has 0 aliphatic heterocycles. The van der Waals surface area contributed by atoms with Gasteiger partial charge in [0.25, 0.3) is 0 Å². The largest absolute Gasteiger partial charge is 0.494 e. The number of unbranched alkanes of at least 4 members (excludes halogenated alkanes) is 1. The van der Waals surface area contributed by atoms with Gasteiger partial charge >= 0.3 is 0 Å². The van der Waals surface area contributed by atoms with Crippen molar-refractivity contribution in [1.29, 1.82) is 0 Å². The first-order valence-corrected chi connectivity index (χ1v) is 6.25. The van der Waals surface area contributed by atoms with Gasteiger partial charge in [-0.05, 0) is 37.0 Å². The minimum absolute atomic E-state index is 0.130. The summed E-state index contributed by atoms with van der Waals surface area (Å²) in [7, 11) is 1.72. The third-order valence-corrected chi connectivity index (χ3v) is 2.76. The first-order chi connectivity index (χ1) is 8.27. The van der Waals surface area contributed by atoms with Crippen LogP contribution in [0, 0.1) is 0 Å². The summed E-state index contributed by atoms with van der Waals surface area (Å²) in [5.74, 6) is 0.912. The topological polar surface area (TPSA) is 44.5 Å². The van der Waals surface area contributed by atoms with Crippen molar-refractivity contribution >= 4 is 0 Å². The van der Waals surface area contributed by atoms with Crippen LogP contribution < -0.4 is 10.5 Å². The van der Waals surface area contributed by atoms with E-state index in [1.165, 1.54) is 5.56 Å². The zero-order valence-corrected chi connectivity index (χ0v) is 10.8. The molecule has 0 spiro atoms. The molecule has 1 unspecified atom stereocenters. The fourth-order valence-corrected chi connectivity index (χ4v) is 1.59. The van der Waals surface area contributed by atoms with Crippen LogP contribution in [0.1, 0.15) is 37.8 Å². The van der Waals surface area contributed by atoms with E-state index in [1.807, 2.05) is 24.3 Å². The summed E-state index contributed by atoms with van der Waals surface area (Å²) >= 11 is 0. The Morgan fingerprint density at radius 2 is 1.76 bits per heavy atom. The smallest absolute Gasteiger partial charge is 0.119 e. The number of hydrogen-bond donors (Lipinski definition) is 1. The van der Waals surface area contributed by atoms with Crippen molar-refractivity contribution in [2.75, 3.05) is 20.3 Å². The Balaban J connectivity index is 2.30. The maximum Gasteiger partial charge on any atom is 0.119 e. The molecular weight excluding hydrogens is 214 g/mol. The maximum absolute atomic E-state index is 5.94. The van der Waals surface area contributed by atoms with Gasteiger partial charge in [0.15, 0.2) is 0 Å². The molecule has 0 aromatic heterocycles. The second-order valence-corrected chi connectivity index (χ2v) is 4.13. The van der Waals surface area contributed by atoms with Gasteiger partial charge in [-0.1, -0.05) is 19.1 Å². The number of benzene rings is 1. The molecule has 0 saturated heterocycles. The summed E-state index contributed by atoms with van der Waals surface area (Å²) in [6.45, 7) is 3.63. The summed E-state index contributed by atoms with van der Waals surface area (Å²) in [6, 6.07) is 8.19. The van der Waals surface area contributed by atoms with Crippen molar-refractivity contribution in [3.8, 4) is 5.75 Å². The van der Waals surface area contributed by atoms with Crippen LogP contribution in [0.25, 0.3) is 0 Å². The second-order valence-electron chi connectivity index (χ2n) is 4.13. The summed E-state index contributed by atoms with van der Waals surface area (Å²) < 4.78 is 10.6. The average molecular weight is 237 g/mol. The summed E-state index contributed by atoms with van der Waals surface area (Å²) in [4.78, 5) is 0. The molecule has 0 bridgehead atoms. The molecule has 3 nitrogen and oxygen atoms in total. The normalized spacial score (nSPS) is 12.4. The third-order valence-electron chi connectivity index (χ3n) is 2.76. The summed E-state index contributed by atoms with van der Waals surface area (Å²) in [5.41, 5.74) is 7.11. The molecule has 0 heterocycles. The lowest BCUT2D eigenvalue weighted by Crippen LogP contribution is -2.08. The fourth-order valence-electron chi connectivity index (χ4n) is 1.59. The maximum atomic E-state index is 5.94. The van der Waals surface area contributed by atoms with Crippen molar-refractivity contribution in [2.24, 2.45) is 5.73 Å². The molecule has 17 heavy (non-hydrogen) atoms. The first-order valence-electron chi connectivity index (χ1n) is 6.25. The highest BCUT2D eigenvalue weighted by atomic mass is 16.5. The van der Waals surface area contributed by atoms with E-state index in [1.54, 1.807) is 7.11 Å². The lowest BCUT2D eigenvalue weighted by molar-refractivity contribution is 0.184. The zero-order chi connectivity index (χ0) is 12.5. The molecule has 3 heteroatoms. The Morgan fingerprint density at radius 3 is 2.35 bits per heavy atom. The van der Waals surface area contributed by atoms with Crippen molar-refractivity contribution in [3.63, 3.8) is 0 Å². The van der Waals surface area contributed by atoms with Gasteiger partial charge in [-0.3, -0.25) is 0 Å². The van der Waals surface area contributed by atoms with Crippen LogP contribution >= 0.6 is 0 Å². The molecular formula is C14H23NO2. The quantitative estimate of drug-likeness (QED) is 0.707. The van der Waals surface area contributed by atoms with Crippen molar-refractivity contribution in [1.82, 2.24) is 0 Å². The van der Waals surface area contributed by atoms with E-state index in [2.05, 4.69) is 6.92 Å². The van der Waals surface area contributed by atoms with Gasteiger partial charge in [0.2, 0.25) is 0 Å². The molecule has 1 atom stereocenters. The number of nitrogens with two attached hydrogens (primary N) is 1. The lowest BCUT2D eigenvalue weighted by atomic mass is 10.1. The second kappa shape index (κ2) is 8.09. The van der Waals surface area contributed by atoms with Crippen LogP contribution in [0.2, 0.25) is 0 Å². The van der Waals surface area contributed by atoms with E-state index in [4.69, 9.17) is 15.2 Å². The molecule has 0 fully saturated rings. The molecule has 1 aromatic carbocycles. The van der Waals surface area contributed by atoms with Crippen LogP contribution in [-0.2, 0) is 4.74 Å². The minimum atomic E-state index is 0.130. The van der Waals surface area contributed by atoms with E-state index in [9.17, 15) is 0 Å². The van der Waals surface area contributed by atoms with Gasteiger partial charge in [-0.2, -0.15) is 0 Å². The Kier molecular flexibility index (Phi) is 6.67. The Morgan fingerprint density at radius 1 is 1.12 bits per heavy atom. The van der Waals surface area contributed by atoms with E-state index in [-0.39, 0.29) is 6.04 Å². The number of hydrogen-bond acceptors (Lipinski definition) is 3. The van der Waals surface area contributed by atoms with E-state index in [0.29, 0.717) is 0 Å². The zero-order valence-electron chi connectivity index (χ0n) is 10.8. The molecule has 0 amide bonds. The molecule has 0 aliphatic rings. The van der Waals surface area contributed by atoms with Gasteiger partial charge in [0.05, 0.1) is 6.61 Å². The monoisotopic (exact) mass is 237 g/mol. The van der Waals surface area contributed by atoms with Gasteiger partial charge in [-0.15, -0.1) is 0 Å². The van der Waals surface area contributed by atoms with Crippen LogP contribution in [0.3, 0.4) is 0 Å². The fraction of sp³-hybridized carbons (Fsp3) is 0.571. The molecule has 1 rings (SSSR count). The van der Waals surface area contributed by atoms with E-state index < -0.39 is 0 Å². The highest BCUT2D eigenvalue weighted by Crippen LogP contribution is 2.18. The average Bonchev–Trinajstić information content (AvgIpc) is 2.38. The van der Waals surface area contributed by atoms with Crippen LogP contribution in [0.15, 0.2) is 24.3 Å². The Hall–Kier alpha value is -1.06. The molecule has 0 aliphatic carbocycles. The molecule has 2 N–H and O–H groups in total. The summed E-state index contributed by atoms with van der Waals surface area (Å²) in [5, 5.41) is 0. The first kappa shape index (κ1) is 14.0. The predicted molar refractivity (Wildman–Crippen MR) is 70.3 cm³/mol. The van der Waals surface area contributed by atoms with E-state index >= 15 is 0 Å². The number of rotatable bonds is 8. The SMILES string of the molecule is CCC(N)c1ccc(OCCCCOC)cc1. The van der Waals surface area contributed by atoms with Gasteiger partial charge < -0.3 is 15.2 Å². The Labute approximate surface area is 104 Å². The standard InChI is InChI=1S/C14H23NO2/c1-3-14(15)12-6-8-13(9-7-12)17-11-5-4-10-16-2/h6-9,14H,3-5,10-11,15H2,1-2H3. The number of methoxy groups -OCH3 is 1. The Bertz CT molecular complexity index is 298. The highest BCUT2D eigenvalue weighted by Gasteiger charge is 2.02. The van der Waals surface area contributed by atoms with Crippen LogP contribution in [-0.4, -0.2) is 20.3 Å². The van der Waals surface area contributed by atoms with E-state index in [0.717, 1.165) is 38.2 Å². The van der Waals surface area contributed by atoms with Crippen molar-refractivity contribution in [3.05, 3.63) is 29.8 Å². The molecule has 0 saturated carbocycles. The lowest BCUT2D eigenvalue weighted by Gasteiger charge is -2.10. The van der Waals surface area contributed by atoms with Crippen molar-refractivity contribution < 1.29 is 9.47 Å². The van der Waals surface area contributed by atoms with Gasteiger partial charge in [0.1, 0.15) is 5.75 Å². The molecule has 0 radical (unpaired) electrons. The van der Waals surface area contributed by atoms with Gasteiger partial charge in [0, 0.05) is 19.8 Å². The van der Waals surface area contributed by atoms with Crippen LogP contribution in [0.4, 0.5) is 0 Å². The van der Waals surface area contributed by atoms with Crippen LogP contribution in [0.5, 0.6) is 5.75 Å². The molecule has 1 aromatic rings. The predicted octanol–water partition coefficient (Wildman–Crippen LogP) is 2.90. The van der Waals surface area contributed by atoms with Crippen molar-refractivity contribution in [2.45, 2.75) is 32.2 Å². The third kappa shape index (κ3) is 5.20. The summed E-state index contributed by atoms with van der Waals surface area (Å²) in [6.07, 6.45) is 3.01. The molecule has 96 valence electrons.